The molecule has 5 heteroatoms. The third-order valence-corrected chi connectivity index (χ3v) is 3.26. The predicted octanol–water partition coefficient (Wildman–Crippen LogP) is 2.24. The third kappa shape index (κ3) is 4.44. The van der Waals surface area contributed by atoms with Crippen molar-refractivity contribution in [2.45, 2.75) is 12.8 Å². The fraction of sp³-hybridized carbons (Fsp3) is 0.500. The van der Waals surface area contributed by atoms with Crippen molar-refractivity contribution in [2.75, 3.05) is 32.1 Å². The first kappa shape index (κ1) is 13.7. The molecule has 104 valence electrons. The number of benzene rings is 1. The van der Waals surface area contributed by atoms with Crippen molar-refractivity contribution in [2.24, 2.45) is 5.92 Å². The normalized spacial score (nSPS) is 18.1. The number of amides is 1. The molecule has 5 nitrogen and oxygen atoms in total. The van der Waals surface area contributed by atoms with Crippen LogP contribution in [0.5, 0.6) is 5.75 Å². The highest BCUT2D eigenvalue weighted by molar-refractivity contribution is 5.84. The Kier molecular flexibility index (Phi) is 5.03. The first-order valence-electron chi connectivity index (χ1n) is 6.56. The number of anilines is 1. The van der Waals surface area contributed by atoms with Crippen molar-refractivity contribution in [3.63, 3.8) is 0 Å². The quantitative estimate of drug-likeness (QED) is 0.856. The summed E-state index contributed by atoms with van der Waals surface area (Å²) in [6.07, 6.45) is 1.68. The second-order valence-electron chi connectivity index (χ2n) is 4.64. The van der Waals surface area contributed by atoms with Crippen LogP contribution in [-0.4, -0.2) is 32.9 Å². The van der Waals surface area contributed by atoms with E-state index in [1.807, 2.05) is 0 Å². The molecular weight excluding hydrogens is 244 g/mol. The molecule has 0 saturated carbocycles. The lowest BCUT2D eigenvalue weighted by molar-refractivity contribution is 0.154. The SMILES string of the molecule is COc1ccc(NC(=O)OCCC2CCNC2)cc1. The number of hydrogen-bond donors (Lipinski definition) is 2. The molecule has 2 N–H and O–H groups in total. The second kappa shape index (κ2) is 6.99. The van der Waals surface area contributed by atoms with E-state index < -0.39 is 6.09 Å². The minimum Gasteiger partial charge on any atom is -0.497 e. The van der Waals surface area contributed by atoms with Crippen LogP contribution in [0.1, 0.15) is 12.8 Å². The average molecular weight is 264 g/mol. The molecule has 1 unspecified atom stereocenters. The molecular formula is C14H20N2O3. The van der Waals surface area contributed by atoms with Crippen LogP contribution in [-0.2, 0) is 4.74 Å². The fourth-order valence-corrected chi connectivity index (χ4v) is 2.11. The van der Waals surface area contributed by atoms with E-state index >= 15 is 0 Å². The molecule has 2 rings (SSSR count). The molecule has 0 bridgehead atoms. The van der Waals surface area contributed by atoms with Gasteiger partial charge in [-0.2, -0.15) is 0 Å². The number of rotatable bonds is 5. The van der Waals surface area contributed by atoms with E-state index in [0.717, 1.165) is 25.3 Å². The number of methoxy groups -OCH3 is 1. The predicted molar refractivity (Wildman–Crippen MR) is 73.6 cm³/mol. The molecule has 1 aliphatic rings. The van der Waals surface area contributed by atoms with Crippen molar-refractivity contribution < 1.29 is 14.3 Å². The molecule has 1 saturated heterocycles. The molecule has 1 heterocycles. The van der Waals surface area contributed by atoms with E-state index in [1.54, 1.807) is 31.4 Å². The maximum Gasteiger partial charge on any atom is 0.411 e. The van der Waals surface area contributed by atoms with E-state index in [-0.39, 0.29) is 0 Å². The van der Waals surface area contributed by atoms with Crippen LogP contribution >= 0.6 is 0 Å². The van der Waals surface area contributed by atoms with Gasteiger partial charge >= 0.3 is 6.09 Å². The summed E-state index contributed by atoms with van der Waals surface area (Å²) in [6.45, 7) is 2.57. The standard InChI is InChI=1S/C14H20N2O3/c1-18-13-4-2-12(3-5-13)16-14(17)19-9-7-11-6-8-15-10-11/h2-5,11,15H,6-10H2,1H3,(H,16,17). The lowest BCUT2D eigenvalue weighted by Crippen LogP contribution is -2.17. The number of hydrogen-bond acceptors (Lipinski definition) is 4. The van der Waals surface area contributed by atoms with E-state index in [9.17, 15) is 4.79 Å². The Hall–Kier alpha value is -1.75. The van der Waals surface area contributed by atoms with Gasteiger partial charge in [0.2, 0.25) is 0 Å². The fourth-order valence-electron chi connectivity index (χ4n) is 2.11. The zero-order valence-electron chi connectivity index (χ0n) is 11.1. The summed E-state index contributed by atoms with van der Waals surface area (Å²) < 4.78 is 10.2. The van der Waals surface area contributed by atoms with Gasteiger partial charge in [-0.15, -0.1) is 0 Å². The van der Waals surface area contributed by atoms with Gasteiger partial charge in [-0.05, 0) is 56.1 Å². The summed E-state index contributed by atoms with van der Waals surface area (Å²) in [5, 5.41) is 5.98. The Labute approximate surface area is 113 Å². The molecule has 19 heavy (non-hydrogen) atoms. The molecule has 1 aromatic carbocycles. The van der Waals surface area contributed by atoms with Crippen LogP contribution in [0.4, 0.5) is 10.5 Å². The second-order valence-corrected chi connectivity index (χ2v) is 4.64. The maximum atomic E-state index is 11.6. The third-order valence-electron chi connectivity index (χ3n) is 3.26. The Bertz CT molecular complexity index is 400. The van der Waals surface area contributed by atoms with Crippen LogP contribution in [0.3, 0.4) is 0 Å². The summed E-state index contributed by atoms with van der Waals surface area (Å²) in [6, 6.07) is 7.14. The summed E-state index contributed by atoms with van der Waals surface area (Å²) in [4.78, 5) is 11.6. The summed E-state index contributed by atoms with van der Waals surface area (Å²) >= 11 is 0. The highest BCUT2D eigenvalue weighted by Crippen LogP contribution is 2.15. The van der Waals surface area contributed by atoms with Gasteiger partial charge in [0, 0.05) is 5.69 Å². The largest absolute Gasteiger partial charge is 0.497 e. The van der Waals surface area contributed by atoms with Gasteiger partial charge in [-0.1, -0.05) is 0 Å². The van der Waals surface area contributed by atoms with Crippen LogP contribution < -0.4 is 15.4 Å². The molecule has 1 atom stereocenters. The monoisotopic (exact) mass is 264 g/mol. The minimum atomic E-state index is -0.406. The van der Waals surface area contributed by atoms with Crippen LogP contribution in [0.2, 0.25) is 0 Å². The number of ether oxygens (including phenoxy) is 2. The van der Waals surface area contributed by atoms with Crippen molar-refractivity contribution >= 4 is 11.8 Å². The molecule has 0 spiro atoms. The first-order valence-corrected chi connectivity index (χ1v) is 6.56. The van der Waals surface area contributed by atoms with Crippen molar-refractivity contribution in [3.05, 3.63) is 24.3 Å². The van der Waals surface area contributed by atoms with Gasteiger partial charge in [0.05, 0.1) is 13.7 Å². The summed E-state index contributed by atoms with van der Waals surface area (Å²) in [7, 11) is 1.61. The van der Waals surface area contributed by atoms with Crippen LogP contribution in [0.25, 0.3) is 0 Å². The number of carbonyl (C=O) groups is 1. The number of carbonyl (C=O) groups excluding carboxylic acids is 1. The van der Waals surface area contributed by atoms with Crippen LogP contribution in [0.15, 0.2) is 24.3 Å². The molecule has 1 fully saturated rings. The molecule has 0 aliphatic carbocycles. The zero-order valence-corrected chi connectivity index (χ0v) is 11.1. The van der Waals surface area contributed by atoms with Gasteiger partial charge in [0.15, 0.2) is 0 Å². The lowest BCUT2D eigenvalue weighted by Gasteiger charge is -2.10. The maximum absolute atomic E-state index is 11.6. The molecule has 0 radical (unpaired) electrons. The summed E-state index contributed by atoms with van der Waals surface area (Å²) in [5.74, 6) is 1.39. The van der Waals surface area contributed by atoms with Gasteiger partial charge in [0.1, 0.15) is 5.75 Å². The Morgan fingerprint density at radius 2 is 2.21 bits per heavy atom. The minimum absolute atomic E-state index is 0.406. The van der Waals surface area contributed by atoms with E-state index in [1.165, 1.54) is 6.42 Å². The van der Waals surface area contributed by atoms with E-state index in [4.69, 9.17) is 9.47 Å². The topological polar surface area (TPSA) is 59.6 Å². The first-order chi connectivity index (χ1) is 9.28. The Morgan fingerprint density at radius 3 is 2.84 bits per heavy atom. The van der Waals surface area contributed by atoms with Gasteiger partial charge in [-0.25, -0.2) is 4.79 Å². The van der Waals surface area contributed by atoms with Crippen molar-refractivity contribution in [1.82, 2.24) is 5.32 Å². The molecule has 1 amide bonds. The van der Waals surface area contributed by atoms with Gasteiger partial charge in [-0.3, -0.25) is 5.32 Å². The van der Waals surface area contributed by atoms with E-state index in [0.29, 0.717) is 18.2 Å². The highest BCUT2D eigenvalue weighted by atomic mass is 16.5. The molecule has 1 aliphatic heterocycles. The Morgan fingerprint density at radius 1 is 1.42 bits per heavy atom. The highest BCUT2D eigenvalue weighted by Gasteiger charge is 2.14. The van der Waals surface area contributed by atoms with E-state index in [2.05, 4.69) is 10.6 Å². The summed E-state index contributed by atoms with van der Waals surface area (Å²) in [5.41, 5.74) is 0.702. The van der Waals surface area contributed by atoms with Gasteiger partial charge in [0.25, 0.3) is 0 Å². The van der Waals surface area contributed by atoms with Crippen molar-refractivity contribution in [3.8, 4) is 5.75 Å². The smallest absolute Gasteiger partial charge is 0.411 e. The van der Waals surface area contributed by atoms with Crippen LogP contribution in [0, 0.1) is 5.92 Å². The average Bonchev–Trinajstić information content (AvgIpc) is 2.93. The zero-order chi connectivity index (χ0) is 13.5. The van der Waals surface area contributed by atoms with Gasteiger partial charge < -0.3 is 14.8 Å². The number of nitrogens with one attached hydrogen (secondary N) is 2. The molecule has 0 aromatic heterocycles. The lowest BCUT2D eigenvalue weighted by atomic mass is 10.1. The van der Waals surface area contributed by atoms with Crippen molar-refractivity contribution in [1.29, 1.82) is 0 Å². The molecule has 1 aromatic rings. The Balaban J connectivity index is 1.68.